The van der Waals surface area contributed by atoms with Gasteiger partial charge >= 0.3 is 0 Å². The van der Waals surface area contributed by atoms with E-state index in [4.69, 9.17) is 9.26 Å². The number of nitrogens with zero attached hydrogens (tertiary/aromatic N) is 2. The van der Waals surface area contributed by atoms with Crippen molar-refractivity contribution in [2.45, 2.75) is 25.8 Å². The largest absolute Gasteiger partial charge is 0.379 e. The van der Waals surface area contributed by atoms with Gasteiger partial charge in [-0.25, -0.2) is 4.39 Å². The predicted molar refractivity (Wildman–Crippen MR) is 94.5 cm³/mol. The van der Waals surface area contributed by atoms with E-state index in [0.29, 0.717) is 31.9 Å². The van der Waals surface area contributed by atoms with Crippen LogP contribution < -0.4 is 5.32 Å². The number of aromatic nitrogens is 1. The molecule has 6 nitrogen and oxygen atoms in total. The lowest BCUT2D eigenvalue weighted by Gasteiger charge is -2.40. The number of hydrogen-bond donors (Lipinski definition) is 1. The van der Waals surface area contributed by atoms with E-state index in [9.17, 15) is 9.18 Å². The van der Waals surface area contributed by atoms with E-state index in [-0.39, 0.29) is 23.0 Å². The van der Waals surface area contributed by atoms with Gasteiger partial charge in [0.1, 0.15) is 5.82 Å². The monoisotopic (exact) mass is 361 g/mol. The van der Waals surface area contributed by atoms with Gasteiger partial charge in [0.15, 0.2) is 0 Å². The molecule has 2 heterocycles. The minimum absolute atomic E-state index is 0.170. The fraction of sp³-hybridized carbons (Fsp3) is 0.474. The van der Waals surface area contributed by atoms with Gasteiger partial charge in [-0.1, -0.05) is 17.3 Å². The van der Waals surface area contributed by atoms with Gasteiger partial charge < -0.3 is 14.6 Å². The average Bonchev–Trinajstić information content (AvgIpc) is 3.11. The second-order valence-electron chi connectivity index (χ2n) is 7.08. The van der Waals surface area contributed by atoms with Gasteiger partial charge in [0.25, 0.3) is 5.91 Å². The fourth-order valence-corrected chi connectivity index (χ4v) is 2.98. The first kappa shape index (κ1) is 18.5. The maximum atomic E-state index is 13.0. The Morgan fingerprint density at radius 2 is 1.96 bits per heavy atom. The van der Waals surface area contributed by atoms with E-state index in [1.54, 1.807) is 18.2 Å². The van der Waals surface area contributed by atoms with Gasteiger partial charge in [-0.15, -0.1) is 0 Å². The molecule has 0 aliphatic carbocycles. The maximum absolute atomic E-state index is 13.0. The van der Waals surface area contributed by atoms with Crippen molar-refractivity contribution in [3.05, 3.63) is 53.2 Å². The highest BCUT2D eigenvalue weighted by molar-refractivity contribution is 5.91. The van der Waals surface area contributed by atoms with Crippen LogP contribution in [0.15, 0.2) is 34.9 Å². The Morgan fingerprint density at radius 3 is 2.65 bits per heavy atom. The first-order valence-corrected chi connectivity index (χ1v) is 8.75. The standard InChI is InChI=1S/C19H24FN3O3/c1-19(2,23-7-9-25-10-8-23)13-21-18(24)17-12-16(22-26-17)11-14-3-5-15(20)6-4-14/h3-6,12H,7-11,13H2,1-2H3,(H,21,24). The van der Waals surface area contributed by atoms with Gasteiger partial charge in [-0.2, -0.15) is 0 Å². The number of amides is 1. The van der Waals surface area contributed by atoms with Gasteiger partial charge in [-0.05, 0) is 31.5 Å². The Bertz CT molecular complexity index is 737. The highest BCUT2D eigenvalue weighted by atomic mass is 19.1. The molecule has 7 heteroatoms. The van der Waals surface area contributed by atoms with E-state index in [1.807, 2.05) is 0 Å². The second kappa shape index (κ2) is 7.97. The molecule has 0 bridgehead atoms. The van der Waals surface area contributed by atoms with Crippen molar-refractivity contribution < 1.29 is 18.4 Å². The molecule has 2 aromatic rings. The van der Waals surface area contributed by atoms with E-state index in [1.165, 1.54) is 12.1 Å². The maximum Gasteiger partial charge on any atom is 0.289 e. The number of carbonyl (C=O) groups is 1. The first-order chi connectivity index (χ1) is 12.4. The Hall–Kier alpha value is -2.25. The molecule has 0 radical (unpaired) electrons. The van der Waals surface area contributed by atoms with Crippen LogP contribution in [0.1, 0.15) is 35.7 Å². The summed E-state index contributed by atoms with van der Waals surface area (Å²) in [5.74, 6) is -0.388. The second-order valence-corrected chi connectivity index (χ2v) is 7.08. The third kappa shape index (κ3) is 4.68. The SMILES string of the molecule is CC(C)(CNC(=O)c1cc(Cc2ccc(F)cc2)no1)N1CCOCC1. The zero-order chi connectivity index (χ0) is 18.6. The molecule has 1 aromatic carbocycles. The van der Waals surface area contributed by atoms with Crippen molar-refractivity contribution in [2.24, 2.45) is 0 Å². The summed E-state index contributed by atoms with van der Waals surface area (Å²) >= 11 is 0. The summed E-state index contributed by atoms with van der Waals surface area (Å²) in [5.41, 5.74) is 1.37. The van der Waals surface area contributed by atoms with Crippen LogP contribution in [0.25, 0.3) is 0 Å². The molecule has 0 atom stereocenters. The van der Waals surface area contributed by atoms with Crippen LogP contribution in [-0.2, 0) is 11.2 Å². The van der Waals surface area contributed by atoms with Gasteiger partial charge in [0.05, 0.1) is 18.9 Å². The van der Waals surface area contributed by atoms with Crippen LogP contribution in [0.5, 0.6) is 0 Å². The van der Waals surface area contributed by atoms with Gasteiger partial charge in [-0.3, -0.25) is 9.69 Å². The lowest BCUT2D eigenvalue weighted by molar-refractivity contribution is -0.00931. The van der Waals surface area contributed by atoms with Crippen LogP contribution in [0.3, 0.4) is 0 Å². The van der Waals surface area contributed by atoms with E-state index >= 15 is 0 Å². The zero-order valence-corrected chi connectivity index (χ0v) is 15.1. The molecule has 140 valence electrons. The smallest absolute Gasteiger partial charge is 0.289 e. The third-order valence-electron chi connectivity index (χ3n) is 4.63. The van der Waals surface area contributed by atoms with Crippen molar-refractivity contribution in [1.82, 2.24) is 15.4 Å². The number of carbonyl (C=O) groups excluding carboxylic acids is 1. The summed E-state index contributed by atoms with van der Waals surface area (Å²) in [5, 5.41) is 6.85. The fourth-order valence-electron chi connectivity index (χ4n) is 2.98. The Labute approximate surface area is 152 Å². The molecular weight excluding hydrogens is 337 g/mol. The molecule has 1 aliphatic heterocycles. The predicted octanol–water partition coefficient (Wildman–Crippen LogP) is 2.25. The minimum atomic E-state index is -0.288. The summed E-state index contributed by atoms with van der Waals surface area (Å²) in [7, 11) is 0. The molecule has 3 rings (SSSR count). The molecule has 1 aliphatic rings. The van der Waals surface area contributed by atoms with Crippen LogP contribution in [0.4, 0.5) is 4.39 Å². The summed E-state index contributed by atoms with van der Waals surface area (Å²) in [6, 6.07) is 7.80. The van der Waals surface area contributed by atoms with E-state index in [0.717, 1.165) is 18.7 Å². The summed E-state index contributed by atoms with van der Waals surface area (Å²) in [6.45, 7) is 7.83. The highest BCUT2D eigenvalue weighted by Gasteiger charge is 2.29. The Balaban J connectivity index is 1.55. The molecule has 0 spiro atoms. The zero-order valence-electron chi connectivity index (χ0n) is 15.1. The normalized spacial score (nSPS) is 15.8. The molecule has 1 saturated heterocycles. The van der Waals surface area contributed by atoms with Gasteiger partial charge in [0.2, 0.25) is 5.76 Å². The van der Waals surface area contributed by atoms with Crippen LogP contribution >= 0.6 is 0 Å². The molecule has 1 N–H and O–H groups in total. The topological polar surface area (TPSA) is 67.6 Å². The molecule has 0 unspecified atom stereocenters. The molecular formula is C19H24FN3O3. The van der Waals surface area contributed by atoms with Crippen LogP contribution in [0, 0.1) is 5.82 Å². The molecule has 1 fully saturated rings. The lowest BCUT2D eigenvalue weighted by Crippen LogP contribution is -2.55. The quantitative estimate of drug-likeness (QED) is 0.855. The van der Waals surface area contributed by atoms with Crippen molar-refractivity contribution in [3.8, 4) is 0 Å². The van der Waals surface area contributed by atoms with Crippen molar-refractivity contribution in [2.75, 3.05) is 32.8 Å². The minimum Gasteiger partial charge on any atom is -0.379 e. The summed E-state index contributed by atoms with van der Waals surface area (Å²) in [6.07, 6.45) is 0.482. The van der Waals surface area contributed by atoms with Gasteiger partial charge in [0, 0.05) is 37.7 Å². The van der Waals surface area contributed by atoms with Crippen LogP contribution in [-0.4, -0.2) is 54.4 Å². The molecule has 0 saturated carbocycles. The lowest BCUT2D eigenvalue weighted by atomic mass is 10.0. The van der Waals surface area contributed by atoms with E-state index in [2.05, 4.69) is 29.2 Å². The van der Waals surface area contributed by atoms with Crippen LogP contribution in [0.2, 0.25) is 0 Å². The summed E-state index contributed by atoms with van der Waals surface area (Å²) in [4.78, 5) is 14.6. The van der Waals surface area contributed by atoms with E-state index < -0.39 is 0 Å². The number of morpholine rings is 1. The molecule has 1 aromatic heterocycles. The Kier molecular flexibility index (Phi) is 5.68. The Morgan fingerprint density at radius 1 is 1.27 bits per heavy atom. The number of halogens is 1. The number of rotatable bonds is 6. The molecule has 26 heavy (non-hydrogen) atoms. The average molecular weight is 361 g/mol. The summed E-state index contributed by atoms with van der Waals surface area (Å²) < 4.78 is 23.5. The number of benzene rings is 1. The first-order valence-electron chi connectivity index (χ1n) is 8.75. The number of ether oxygens (including phenoxy) is 1. The van der Waals surface area contributed by atoms with Crippen molar-refractivity contribution in [3.63, 3.8) is 0 Å². The third-order valence-corrected chi connectivity index (χ3v) is 4.63. The molecule has 1 amide bonds. The van der Waals surface area contributed by atoms with Crippen molar-refractivity contribution in [1.29, 1.82) is 0 Å². The number of nitrogens with one attached hydrogen (secondary N) is 1. The van der Waals surface area contributed by atoms with Crippen molar-refractivity contribution >= 4 is 5.91 Å². The highest BCUT2D eigenvalue weighted by Crippen LogP contribution is 2.16. The number of hydrogen-bond acceptors (Lipinski definition) is 5.